The minimum atomic E-state index is -3.09. The van der Waals surface area contributed by atoms with Gasteiger partial charge in [-0.25, -0.2) is 13.1 Å². The van der Waals surface area contributed by atoms with Crippen molar-refractivity contribution in [1.29, 1.82) is 0 Å². The molecule has 68 valence electrons. The Balaban J connectivity index is 2.68. The maximum Gasteiger partial charge on any atom is 0.209 e. The second kappa shape index (κ2) is 3.55. The largest absolute Gasteiger partial charge is 0.213 e. The summed E-state index contributed by atoms with van der Waals surface area (Å²) in [6, 6.07) is 3.69. The van der Waals surface area contributed by atoms with E-state index in [1.807, 2.05) is 24.4 Å². The normalized spacial score (nSPS) is 14.5. The van der Waals surface area contributed by atoms with E-state index in [0.29, 0.717) is 0 Å². The Morgan fingerprint density at radius 1 is 1.58 bits per heavy atom. The minimum Gasteiger partial charge on any atom is -0.213 e. The molecule has 1 atom stereocenters. The van der Waals surface area contributed by atoms with Crippen LogP contribution >= 0.6 is 11.3 Å². The van der Waals surface area contributed by atoms with Gasteiger partial charge < -0.3 is 0 Å². The Morgan fingerprint density at radius 2 is 2.25 bits per heavy atom. The summed E-state index contributed by atoms with van der Waals surface area (Å²) < 4.78 is 24.2. The first-order valence-corrected chi connectivity index (χ1v) is 6.27. The Hall–Kier alpha value is -0.390. The summed E-state index contributed by atoms with van der Waals surface area (Å²) in [4.78, 5) is 1.03. The highest BCUT2D eigenvalue weighted by Crippen LogP contribution is 2.18. The molecule has 0 radical (unpaired) electrons. The molecule has 0 spiro atoms. The molecule has 0 aromatic carbocycles. The van der Waals surface area contributed by atoms with Gasteiger partial charge in [-0.3, -0.25) is 0 Å². The number of hydrogen-bond donors (Lipinski definition) is 1. The Bertz CT molecular complexity index is 328. The van der Waals surface area contributed by atoms with Crippen LogP contribution < -0.4 is 4.72 Å². The standard InChI is InChI=1S/C7H11NO2S2/c1-6(8-12(2,9)10)7-4-3-5-11-7/h3-6,8H,1-2H3. The van der Waals surface area contributed by atoms with Crippen LogP contribution in [0, 0.1) is 0 Å². The van der Waals surface area contributed by atoms with E-state index in [0.717, 1.165) is 11.1 Å². The SMILES string of the molecule is CC(NS(C)(=O)=O)c1cccs1. The van der Waals surface area contributed by atoms with Crippen molar-refractivity contribution in [1.82, 2.24) is 4.72 Å². The lowest BCUT2D eigenvalue weighted by Crippen LogP contribution is -2.24. The summed E-state index contributed by atoms with van der Waals surface area (Å²) in [7, 11) is -3.09. The van der Waals surface area contributed by atoms with Crippen molar-refractivity contribution in [2.24, 2.45) is 0 Å². The lowest BCUT2D eigenvalue weighted by Gasteiger charge is -2.08. The summed E-state index contributed by atoms with van der Waals surface area (Å²) in [5, 5.41) is 1.93. The molecule has 0 aliphatic rings. The van der Waals surface area contributed by atoms with E-state index in [1.165, 1.54) is 0 Å². The fourth-order valence-electron chi connectivity index (χ4n) is 0.917. The molecule has 1 rings (SSSR count). The maximum atomic E-state index is 10.8. The molecule has 0 fully saturated rings. The summed E-state index contributed by atoms with van der Waals surface area (Å²) in [5.41, 5.74) is 0. The van der Waals surface area contributed by atoms with Crippen molar-refractivity contribution >= 4 is 21.4 Å². The van der Waals surface area contributed by atoms with E-state index >= 15 is 0 Å². The summed E-state index contributed by atoms with van der Waals surface area (Å²) in [6.07, 6.45) is 1.16. The van der Waals surface area contributed by atoms with Crippen LogP contribution in [0.3, 0.4) is 0 Å². The van der Waals surface area contributed by atoms with Gasteiger partial charge in [0.1, 0.15) is 0 Å². The van der Waals surface area contributed by atoms with Gasteiger partial charge >= 0.3 is 0 Å². The van der Waals surface area contributed by atoms with Gasteiger partial charge in [0.25, 0.3) is 0 Å². The predicted octanol–water partition coefficient (Wildman–Crippen LogP) is 1.36. The van der Waals surface area contributed by atoms with Crippen LogP contribution in [0.5, 0.6) is 0 Å². The van der Waals surface area contributed by atoms with Crippen LogP contribution in [0.15, 0.2) is 17.5 Å². The predicted molar refractivity (Wildman–Crippen MR) is 50.7 cm³/mol. The first-order valence-electron chi connectivity index (χ1n) is 3.50. The molecule has 12 heavy (non-hydrogen) atoms. The van der Waals surface area contributed by atoms with E-state index < -0.39 is 10.0 Å². The first kappa shape index (κ1) is 9.70. The van der Waals surface area contributed by atoms with Gasteiger partial charge in [-0.05, 0) is 18.4 Å². The second-order valence-electron chi connectivity index (χ2n) is 2.63. The molecule has 3 nitrogen and oxygen atoms in total. The van der Waals surface area contributed by atoms with Crippen LogP contribution in [0.25, 0.3) is 0 Å². The molecule has 0 amide bonds. The van der Waals surface area contributed by atoms with Gasteiger partial charge in [0.2, 0.25) is 10.0 Å². The smallest absolute Gasteiger partial charge is 0.209 e. The minimum absolute atomic E-state index is 0.125. The number of rotatable bonds is 3. The first-order chi connectivity index (χ1) is 5.49. The molecule has 0 saturated heterocycles. The van der Waals surface area contributed by atoms with Crippen LogP contribution in [0.1, 0.15) is 17.8 Å². The molecule has 1 aromatic heterocycles. The fourth-order valence-corrected chi connectivity index (χ4v) is 2.50. The van der Waals surface area contributed by atoms with Gasteiger partial charge in [0.15, 0.2) is 0 Å². The van der Waals surface area contributed by atoms with Crippen LogP contribution in [-0.2, 0) is 10.0 Å². The topological polar surface area (TPSA) is 46.2 Å². The summed E-state index contributed by atoms with van der Waals surface area (Å²) >= 11 is 1.54. The Labute approximate surface area is 76.5 Å². The van der Waals surface area contributed by atoms with E-state index in [4.69, 9.17) is 0 Å². The second-order valence-corrected chi connectivity index (χ2v) is 5.39. The Kier molecular flexibility index (Phi) is 2.87. The summed E-state index contributed by atoms with van der Waals surface area (Å²) in [6.45, 7) is 1.83. The van der Waals surface area contributed by atoms with Crippen LogP contribution in [-0.4, -0.2) is 14.7 Å². The molecule has 0 aliphatic heterocycles. The van der Waals surface area contributed by atoms with Crippen molar-refractivity contribution in [2.75, 3.05) is 6.26 Å². The summed E-state index contributed by atoms with van der Waals surface area (Å²) in [5.74, 6) is 0. The molecule has 1 aromatic rings. The van der Waals surface area contributed by atoms with Crippen molar-refractivity contribution < 1.29 is 8.42 Å². The third-order valence-corrected chi connectivity index (χ3v) is 3.20. The molecule has 5 heteroatoms. The lowest BCUT2D eigenvalue weighted by atomic mass is 10.3. The number of hydrogen-bond acceptors (Lipinski definition) is 3. The highest BCUT2D eigenvalue weighted by Gasteiger charge is 2.10. The van der Waals surface area contributed by atoms with Crippen molar-refractivity contribution in [3.8, 4) is 0 Å². The van der Waals surface area contributed by atoms with E-state index in [1.54, 1.807) is 11.3 Å². The monoisotopic (exact) mass is 205 g/mol. The molecular formula is C7H11NO2S2. The van der Waals surface area contributed by atoms with Gasteiger partial charge in [-0.1, -0.05) is 6.07 Å². The number of sulfonamides is 1. The average molecular weight is 205 g/mol. The number of nitrogens with one attached hydrogen (secondary N) is 1. The third-order valence-electron chi connectivity index (χ3n) is 1.36. The lowest BCUT2D eigenvalue weighted by molar-refractivity contribution is 0.575. The van der Waals surface area contributed by atoms with Crippen LogP contribution in [0.2, 0.25) is 0 Å². The highest BCUT2D eigenvalue weighted by molar-refractivity contribution is 7.88. The van der Waals surface area contributed by atoms with E-state index in [-0.39, 0.29) is 6.04 Å². The quantitative estimate of drug-likeness (QED) is 0.810. The zero-order valence-electron chi connectivity index (χ0n) is 6.94. The zero-order chi connectivity index (χ0) is 9.19. The van der Waals surface area contributed by atoms with Gasteiger partial charge in [0, 0.05) is 4.88 Å². The molecule has 1 unspecified atom stereocenters. The van der Waals surface area contributed by atoms with E-state index in [9.17, 15) is 8.42 Å². The molecule has 0 aliphatic carbocycles. The van der Waals surface area contributed by atoms with Gasteiger partial charge in [-0.2, -0.15) is 0 Å². The molecule has 1 heterocycles. The van der Waals surface area contributed by atoms with Gasteiger partial charge in [0.05, 0.1) is 12.3 Å². The van der Waals surface area contributed by atoms with Crippen molar-refractivity contribution in [3.05, 3.63) is 22.4 Å². The van der Waals surface area contributed by atoms with E-state index in [2.05, 4.69) is 4.72 Å². The van der Waals surface area contributed by atoms with Crippen molar-refractivity contribution in [2.45, 2.75) is 13.0 Å². The zero-order valence-corrected chi connectivity index (χ0v) is 8.58. The molecule has 0 bridgehead atoms. The molecular weight excluding hydrogens is 194 g/mol. The highest BCUT2D eigenvalue weighted by atomic mass is 32.2. The molecule has 0 saturated carbocycles. The fraction of sp³-hybridized carbons (Fsp3) is 0.429. The van der Waals surface area contributed by atoms with Crippen molar-refractivity contribution in [3.63, 3.8) is 0 Å². The maximum absolute atomic E-state index is 10.8. The van der Waals surface area contributed by atoms with Gasteiger partial charge in [-0.15, -0.1) is 11.3 Å². The Morgan fingerprint density at radius 3 is 2.67 bits per heavy atom. The third kappa shape index (κ3) is 2.92. The number of thiophene rings is 1. The van der Waals surface area contributed by atoms with Crippen LogP contribution in [0.4, 0.5) is 0 Å². The average Bonchev–Trinajstić information content (AvgIpc) is 2.32. The molecule has 1 N–H and O–H groups in total.